The molecule has 0 spiro atoms. The Labute approximate surface area is 85.5 Å². The first-order valence-corrected chi connectivity index (χ1v) is 4.66. The van der Waals surface area contributed by atoms with Crippen LogP contribution in [-0.4, -0.2) is 7.05 Å². The van der Waals surface area contributed by atoms with Crippen molar-refractivity contribution in [1.29, 1.82) is 0 Å². The maximum absolute atomic E-state index is 3.10. The third-order valence-corrected chi connectivity index (χ3v) is 1.73. The van der Waals surface area contributed by atoms with Crippen LogP contribution < -0.4 is 5.32 Å². The maximum atomic E-state index is 3.10. The minimum atomic E-state index is 1.09. The fourth-order valence-corrected chi connectivity index (χ4v) is 0.990. The van der Waals surface area contributed by atoms with Gasteiger partial charge in [0.2, 0.25) is 0 Å². The van der Waals surface area contributed by atoms with Gasteiger partial charge in [0.25, 0.3) is 0 Å². The highest BCUT2D eigenvalue weighted by Crippen LogP contribution is 1.94. The SMILES string of the molecule is CNC1=C/C=C\C=C/C=C\C=C/C=C\1. The Bertz CT molecular complexity index is 325. The molecule has 72 valence electrons. The molecule has 0 bridgehead atoms. The summed E-state index contributed by atoms with van der Waals surface area (Å²) >= 11 is 0. The van der Waals surface area contributed by atoms with E-state index in [1.165, 1.54) is 0 Å². The summed E-state index contributed by atoms with van der Waals surface area (Å²) in [6, 6.07) is 0. The molecular formula is C13H15N. The van der Waals surface area contributed by atoms with Gasteiger partial charge in [-0.1, -0.05) is 54.7 Å². The quantitative estimate of drug-likeness (QED) is 0.662. The maximum Gasteiger partial charge on any atom is 0.0337 e. The van der Waals surface area contributed by atoms with Gasteiger partial charge in [0.05, 0.1) is 0 Å². The van der Waals surface area contributed by atoms with Gasteiger partial charge < -0.3 is 5.32 Å². The van der Waals surface area contributed by atoms with Crippen LogP contribution in [0.5, 0.6) is 0 Å². The number of nitrogens with one attached hydrogen (secondary N) is 1. The minimum Gasteiger partial charge on any atom is -0.388 e. The van der Waals surface area contributed by atoms with Crippen LogP contribution in [0.4, 0.5) is 0 Å². The molecule has 0 aromatic heterocycles. The van der Waals surface area contributed by atoms with E-state index >= 15 is 0 Å². The summed E-state index contributed by atoms with van der Waals surface area (Å²) in [7, 11) is 1.91. The Morgan fingerprint density at radius 1 is 0.714 bits per heavy atom. The molecule has 1 aliphatic carbocycles. The van der Waals surface area contributed by atoms with Gasteiger partial charge in [-0.25, -0.2) is 0 Å². The molecule has 0 amide bonds. The second kappa shape index (κ2) is 6.72. The third kappa shape index (κ3) is 4.31. The predicted octanol–water partition coefficient (Wildman–Crippen LogP) is 2.88. The molecule has 0 unspecified atom stereocenters. The molecule has 0 heterocycles. The molecule has 0 aromatic carbocycles. The number of hydrogen-bond acceptors (Lipinski definition) is 1. The van der Waals surface area contributed by atoms with Crippen molar-refractivity contribution in [2.45, 2.75) is 0 Å². The Balaban J connectivity index is 2.80. The second-order valence-electron chi connectivity index (χ2n) is 2.77. The van der Waals surface area contributed by atoms with Crippen LogP contribution in [0.1, 0.15) is 0 Å². The van der Waals surface area contributed by atoms with Crippen molar-refractivity contribution in [3.05, 3.63) is 72.5 Å². The third-order valence-electron chi connectivity index (χ3n) is 1.73. The van der Waals surface area contributed by atoms with Gasteiger partial charge in [0, 0.05) is 12.7 Å². The van der Waals surface area contributed by atoms with E-state index in [4.69, 9.17) is 0 Å². The van der Waals surface area contributed by atoms with Crippen molar-refractivity contribution >= 4 is 0 Å². The van der Waals surface area contributed by atoms with Crippen LogP contribution in [0.2, 0.25) is 0 Å². The standard InChI is InChI=1S/C13H15N/c1-14-13-11-9-7-5-3-2-4-6-8-10-12-13/h2-12,14H,1H3/b3-2-,4-2?,5-3?,6-4-,7-5-,8-6?,9-7?,10-8-,11-9-,12-10?,13-11?,13-12+. The highest BCUT2D eigenvalue weighted by molar-refractivity contribution is 5.28. The van der Waals surface area contributed by atoms with Crippen LogP contribution in [0.3, 0.4) is 0 Å². The van der Waals surface area contributed by atoms with E-state index in [9.17, 15) is 0 Å². The van der Waals surface area contributed by atoms with Gasteiger partial charge in [-0.2, -0.15) is 0 Å². The summed E-state index contributed by atoms with van der Waals surface area (Å²) in [6.07, 6.45) is 22.1. The normalized spacial score (nSPS) is 31.1. The van der Waals surface area contributed by atoms with Gasteiger partial charge >= 0.3 is 0 Å². The van der Waals surface area contributed by atoms with E-state index < -0.39 is 0 Å². The molecule has 1 heteroatoms. The lowest BCUT2D eigenvalue weighted by Gasteiger charge is -1.96. The summed E-state index contributed by atoms with van der Waals surface area (Å²) in [5.41, 5.74) is 1.09. The molecule has 0 atom stereocenters. The highest BCUT2D eigenvalue weighted by Gasteiger charge is 1.81. The average molecular weight is 185 g/mol. The van der Waals surface area contributed by atoms with Gasteiger partial charge in [0.15, 0.2) is 0 Å². The largest absolute Gasteiger partial charge is 0.388 e. The monoisotopic (exact) mass is 185 g/mol. The van der Waals surface area contributed by atoms with E-state index in [2.05, 4.69) is 5.32 Å². The Morgan fingerprint density at radius 3 is 1.79 bits per heavy atom. The minimum absolute atomic E-state index is 1.09. The van der Waals surface area contributed by atoms with Gasteiger partial charge in [-0.3, -0.25) is 0 Å². The van der Waals surface area contributed by atoms with E-state index in [0.717, 1.165) is 5.70 Å². The van der Waals surface area contributed by atoms with Crippen LogP contribution in [0.25, 0.3) is 0 Å². The summed E-state index contributed by atoms with van der Waals surface area (Å²) < 4.78 is 0. The zero-order valence-electron chi connectivity index (χ0n) is 8.35. The number of rotatable bonds is 1. The summed E-state index contributed by atoms with van der Waals surface area (Å²) in [4.78, 5) is 0. The van der Waals surface area contributed by atoms with E-state index in [0.29, 0.717) is 0 Å². The number of hydrogen-bond donors (Lipinski definition) is 1. The molecule has 1 rings (SSSR count). The molecule has 1 nitrogen and oxygen atoms in total. The van der Waals surface area contributed by atoms with Crippen molar-refractivity contribution in [3.8, 4) is 0 Å². The fraction of sp³-hybridized carbons (Fsp3) is 0.0769. The lowest BCUT2D eigenvalue weighted by atomic mass is 10.3. The first-order valence-electron chi connectivity index (χ1n) is 4.66. The van der Waals surface area contributed by atoms with Crippen molar-refractivity contribution in [2.24, 2.45) is 0 Å². The van der Waals surface area contributed by atoms with Crippen molar-refractivity contribution in [2.75, 3.05) is 7.05 Å². The smallest absolute Gasteiger partial charge is 0.0337 e. The van der Waals surface area contributed by atoms with Gasteiger partial charge in [0.1, 0.15) is 0 Å². The summed E-state index contributed by atoms with van der Waals surface area (Å²) in [6.45, 7) is 0. The Hall–Kier alpha value is -1.76. The zero-order chi connectivity index (χ0) is 10.1. The molecule has 0 aromatic rings. The number of allylic oxidation sites excluding steroid dienone is 11. The van der Waals surface area contributed by atoms with Crippen LogP contribution in [0.15, 0.2) is 72.5 Å². The molecule has 0 saturated heterocycles. The predicted molar refractivity (Wildman–Crippen MR) is 62.8 cm³/mol. The van der Waals surface area contributed by atoms with Crippen molar-refractivity contribution in [3.63, 3.8) is 0 Å². The zero-order valence-corrected chi connectivity index (χ0v) is 8.35. The van der Waals surface area contributed by atoms with Crippen LogP contribution >= 0.6 is 0 Å². The van der Waals surface area contributed by atoms with Crippen LogP contribution in [-0.2, 0) is 0 Å². The van der Waals surface area contributed by atoms with Crippen molar-refractivity contribution < 1.29 is 0 Å². The van der Waals surface area contributed by atoms with Gasteiger partial charge in [-0.15, -0.1) is 0 Å². The van der Waals surface area contributed by atoms with E-state index in [-0.39, 0.29) is 0 Å². The van der Waals surface area contributed by atoms with E-state index in [1.54, 1.807) is 0 Å². The molecule has 1 N–H and O–H groups in total. The molecule has 0 radical (unpaired) electrons. The Morgan fingerprint density at radius 2 is 1.21 bits per heavy atom. The highest BCUT2D eigenvalue weighted by atomic mass is 14.8. The average Bonchev–Trinajstić information content (AvgIpc) is 2.19. The molecule has 0 fully saturated rings. The lowest BCUT2D eigenvalue weighted by molar-refractivity contribution is 1.03. The topological polar surface area (TPSA) is 12.0 Å². The van der Waals surface area contributed by atoms with E-state index in [1.807, 2.05) is 73.9 Å². The second-order valence-corrected chi connectivity index (χ2v) is 2.77. The molecule has 14 heavy (non-hydrogen) atoms. The summed E-state index contributed by atoms with van der Waals surface area (Å²) in [5.74, 6) is 0. The van der Waals surface area contributed by atoms with Crippen LogP contribution in [0, 0.1) is 0 Å². The van der Waals surface area contributed by atoms with Crippen molar-refractivity contribution in [1.82, 2.24) is 5.32 Å². The van der Waals surface area contributed by atoms with Gasteiger partial charge in [-0.05, 0) is 12.2 Å². The number of likely N-dealkylation sites (N-methyl/N-ethyl adjacent to an activating group) is 1. The fourth-order valence-electron chi connectivity index (χ4n) is 0.990. The summed E-state index contributed by atoms with van der Waals surface area (Å²) in [5, 5.41) is 3.10. The lowest BCUT2D eigenvalue weighted by Crippen LogP contribution is -2.01. The molecule has 1 aliphatic rings. The molecular weight excluding hydrogens is 170 g/mol. The first kappa shape index (κ1) is 10.3. The molecule has 0 saturated carbocycles. The molecule has 0 aliphatic heterocycles. The Kier molecular flexibility index (Phi) is 4.96. The first-order chi connectivity index (χ1) is 6.93.